The number of carbonyl (C=O) groups is 2. The van der Waals surface area contributed by atoms with Crippen LogP contribution in [0.3, 0.4) is 0 Å². The highest BCUT2D eigenvalue weighted by molar-refractivity contribution is 6.01. The van der Waals surface area contributed by atoms with Crippen molar-refractivity contribution in [2.24, 2.45) is 5.10 Å². The molecule has 0 radical (unpaired) electrons. The Morgan fingerprint density at radius 3 is 2.30 bits per heavy atom. The van der Waals surface area contributed by atoms with Crippen molar-refractivity contribution >= 4 is 17.6 Å². The second-order valence-corrected chi connectivity index (χ2v) is 6.87. The van der Waals surface area contributed by atoms with Crippen LogP contribution >= 0.6 is 0 Å². The van der Waals surface area contributed by atoms with Crippen LogP contribution in [0.25, 0.3) is 0 Å². The van der Waals surface area contributed by atoms with Crippen molar-refractivity contribution in [3.05, 3.63) is 65.7 Å². The van der Waals surface area contributed by atoms with Crippen LogP contribution in [0.15, 0.2) is 59.7 Å². The molecule has 0 bridgehead atoms. The number of nitrogens with zero attached hydrogens (tertiary/aromatic N) is 1. The number of esters is 1. The Morgan fingerprint density at radius 2 is 1.63 bits per heavy atom. The van der Waals surface area contributed by atoms with Gasteiger partial charge in [-0.15, -0.1) is 0 Å². The summed E-state index contributed by atoms with van der Waals surface area (Å²) in [5.41, 5.74) is 4.88. The molecule has 2 aromatic rings. The van der Waals surface area contributed by atoms with Gasteiger partial charge in [-0.05, 0) is 49.1 Å². The molecule has 2 aromatic carbocycles. The first-order valence-electron chi connectivity index (χ1n) is 10.4. The molecule has 6 heteroatoms. The van der Waals surface area contributed by atoms with E-state index in [2.05, 4.69) is 17.5 Å². The van der Waals surface area contributed by atoms with Gasteiger partial charge in [0, 0.05) is 0 Å². The second-order valence-electron chi connectivity index (χ2n) is 6.87. The Labute approximate surface area is 178 Å². The standard InChI is InChI=1S/C24H30N2O4/c1-3-5-7-12-22(19-10-8-6-9-11-19)25-26-23(27)18-30-21-15-13-20(14-16-21)24(28)29-17-4-2/h6,8-11,13-16H,3-5,7,12,17-18H2,1-2H3,(H,26,27)/b25-22+. The number of amides is 1. The summed E-state index contributed by atoms with van der Waals surface area (Å²) >= 11 is 0. The number of hydrogen-bond donors (Lipinski definition) is 1. The average molecular weight is 411 g/mol. The van der Waals surface area contributed by atoms with Crippen LogP contribution in [0, 0.1) is 0 Å². The minimum Gasteiger partial charge on any atom is -0.484 e. The predicted octanol–water partition coefficient (Wildman–Crippen LogP) is 4.73. The number of carbonyl (C=O) groups excluding carboxylic acids is 2. The highest BCUT2D eigenvalue weighted by Crippen LogP contribution is 2.13. The van der Waals surface area contributed by atoms with Crippen molar-refractivity contribution in [2.75, 3.05) is 13.2 Å². The molecule has 0 saturated carbocycles. The summed E-state index contributed by atoms with van der Waals surface area (Å²) in [7, 11) is 0. The van der Waals surface area contributed by atoms with Gasteiger partial charge in [0.25, 0.3) is 5.91 Å². The zero-order valence-electron chi connectivity index (χ0n) is 17.7. The minimum atomic E-state index is -0.369. The maximum atomic E-state index is 12.2. The molecule has 0 fully saturated rings. The Bertz CT molecular complexity index is 817. The topological polar surface area (TPSA) is 77.0 Å². The normalized spacial score (nSPS) is 11.1. The first kappa shape index (κ1) is 23.1. The van der Waals surface area contributed by atoms with Crippen molar-refractivity contribution in [1.82, 2.24) is 5.43 Å². The molecule has 30 heavy (non-hydrogen) atoms. The third-order valence-electron chi connectivity index (χ3n) is 4.34. The molecular weight excluding hydrogens is 380 g/mol. The molecule has 0 heterocycles. The number of unbranched alkanes of at least 4 members (excludes halogenated alkanes) is 2. The van der Waals surface area contributed by atoms with Crippen LogP contribution in [0.4, 0.5) is 0 Å². The summed E-state index contributed by atoms with van der Waals surface area (Å²) in [6.07, 6.45) is 4.83. The van der Waals surface area contributed by atoms with E-state index in [0.717, 1.165) is 43.4 Å². The van der Waals surface area contributed by atoms with Gasteiger partial charge >= 0.3 is 5.97 Å². The lowest BCUT2D eigenvalue weighted by Crippen LogP contribution is -2.26. The first-order valence-corrected chi connectivity index (χ1v) is 10.4. The minimum absolute atomic E-state index is 0.167. The molecule has 0 saturated heterocycles. The van der Waals surface area contributed by atoms with Gasteiger partial charge in [-0.1, -0.05) is 57.0 Å². The van der Waals surface area contributed by atoms with E-state index in [1.807, 2.05) is 37.3 Å². The lowest BCUT2D eigenvalue weighted by atomic mass is 10.0. The molecule has 2 rings (SSSR count). The fourth-order valence-electron chi connectivity index (χ4n) is 2.71. The van der Waals surface area contributed by atoms with E-state index in [1.54, 1.807) is 24.3 Å². The van der Waals surface area contributed by atoms with E-state index < -0.39 is 0 Å². The van der Waals surface area contributed by atoms with Crippen LogP contribution < -0.4 is 10.2 Å². The largest absolute Gasteiger partial charge is 0.484 e. The van der Waals surface area contributed by atoms with Crippen LogP contribution in [0.1, 0.15) is 61.9 Å². The van der Waals surface area contributed by atoms with Crippen LogP contribution in [-0.4, -0.2) is 30.8 Å². The first-order chi connectivity index (χ1) is 14.6. The third kappa shape index (κ3) is 8.07. The molecule has 0 spiro atoms. The quantitative estimate of drug-likeness (QED) is 0.237. The Balaban J connectivity index is 1.88. The van der Waals surface area contributed by atoms with E-state index in [0.29, 0.717) is 17.9 Å². The van der Waals surface area contributed by atoms with Crippen molar-refractivity contribution < 1.29 is 19.1 Å². The number of nitrogens with one attached hydrogen (secondary N) is 1. The summed E-state index contributed by atoms with van der Waals surface area (Å²) in [4.78, 5) is 24.0. The fraction of sp³-hybridized carbons (Fsp3) is 0.375. The van der Waals surface area contributed by atoms with Gasteiger partial charge in [0.15, 0.2) is 6.61 Å². The van der Waals surface area contributed by atoms with Gasteiger partial charge in [-0.2, -0.15) is 5.10 Å². The summed E-state index contributed by atoms with van der Waals surface area (Å²) in [5, 5.41) is 4.32. The smallest absolute Gasteiger partial charge is 0.338 e. The number of rotatable bonds is 12. The molecule has 0 aliphatic carbocycles. The van der Waals surface area contributed by atoms with Gasteiger partial charge in [0.05, 0.1) is 17.9 Å². The van der Waals surface area contributed by atoms with E-state index in [9.17, 15) is 9.59 Å². The monoisotopic (exact) mass is 410 g/mol. The molecule has 0 unspecified atom stereocenters. The average Bonchev–Trinajstić information content (AvgIpc) is 2.79. The zero-order chi connectivity index (χ0) is 21.6. The van der Waals surface area contributed by atoms with Gasteiger partial charge < -0.3 is 9.47 Å². The molecule has 0 aliphatic heterocycles. The van der Waals surface area contributed by atoms with Crippen LogP contribution in [-0.2, 0) is 9.53 Å². The highest BCUT2D eigenvalue weighted by atomic mass is 16.5. The maximum absolute atomic E-state index is 12.2. The molecule has 0 aromatic heterocycles. The SMILES string of the molecule is CCCCC/C(=N\NC(=O)COc1ccc(C(=O)OCCC)cc1)c1ccccc1. The van der Waals surface area contributed by atoms with E-state index in [-0.39, 0.29) is 18.5 Å². The third-order valence-corrected chi connectivity index (χ3v) is 4.34. The van der Waals surface area contributed by atoms with Crippen LogP contribution in [0.5, 0.6) is 5.75 Å². The van der Waals surface area contributed by atoms with Crippen LogP contribution in [0.2, 0.25) is 0 Å². The predicted molar refractivity (Wildman–Crippen MR) is 118 cm³/mol. The molecule has 0 atom stereocenters. The fourth-order valence-corrected chi connectivity index (χ4v) is 2.71. The van der Waals surface area contributed by atoms with Crippen molar-refractivity contribution in [3.8, 4) is 5.75 Å². The molecule has 1 N–H and O–H groups in total. The summed E-state index contributed by atoms with van der Waals surface area (Å²) in [5.74, 6) is -0.218. The Kier molecular flexibility index (Phi) is 10.1. The summed E-state index contributed by atoms with van der Waals surface area (Å²) in [6, 6.07) is 16.3. The highest BCUT2D eigenvalue weighted by Gasteiger charge is 2.08. The van der Waals surface area contributed by atoms with Gasteiger partial charge in [0.1, 0.15) is 5.75 Å². The second kappa shape index (κ2) is 13.1. The van der Waals surface area contributed by atoms with E-state index in [1.165, 1.54) is 0 Å². The Morgan fingerprint density at radius 1 is 0.900 bits per heavy atom. The van der Waals surface area contributed by atoms with E-state index in [4.69, 9.17) is 9.47 Å². The molecule has 6 nitrogen and oxygen atoms in total. The molecular formula is C24H30N2O4. The lowest BCUT2D eigenvalue weighted by molar-refractivity contribution is -0.123. The lowest BCUT2D eigenvalue weighted by Gasteiger charge is -2.09. The number of ether oxygens (including phenoxy) is 2. The molecule has 160 valence electrons. The molecule has 0 aliphatic rings. The number of hydrogen-bond acceptors (Lipinski definition) is 5. The van der Waals surface area contributed by atoms with Crippen molar-refractivity contribution in [2.45, 2.75) is 46.0 Å². The number of benzene rings is 2. The summed E-state index contributed by atoms with van der Waals surface area (Å²) in [6.45, 7) is 4.31. The zero-order valence-corrected chi connectivity index (χ0v) is 17.7. The van der Waals surface area contributed by atoms with E-state index >= 15 is 0 Å². The van der Waals surface area contributed by atoms with Gasteiger partial charge in [-0.25, -0.2) is 10.2 Å². The summed E-state index contributed by atoms with van der Waals surface area (Å²) < 4.78 is 10.6. The maximum Gasteiger partial charge on any atom is 0.338 e. The van der Waals surface area contributed by atoms with Crippen molar-refractivity contribution in [3.63, 3.8) is 0 Å². The van der Waals surface area contributed by atoms with Gasteiger partial charge in [0.2, 0.25) is 0 Å². The van der Waals surface area contributed by atoms with Crippen molar-refractivity contribution in [1.29, 1.82) is 0 Å². The van der Waals surface area contributed by atoms with Gasteiger partial charge in [-0.3, -0.25) is 4.79 Å². The number of hydrazone groups is 1. The Hall–Kier alpha value is -3.15. The molecule has 1 amide bonds.